The van der Waals surface area contributed by atoms with Gasteiger partial charge in [0, 0.05) is 18.0 Å². The van der Waals surface area contributed by atoms with Crippen LogP contribution in [0.2, 0.25) is 0 Å². The molecule has 4 aromatic rings. The second kappa shape index (κ2) is 5.93. The molecule has 4 aromatic heterocycles. The maximum atomic E-state index is 5.96. The molecule has 0 radical (unpaired) electrons. The predicted octanol–water partition coefficient (Wildman–Crippen LogP) is 3.58. The van der Waals surface area contributed by atoms with Gasteiger partial charge in [-0.1, -0.05) is 6.07 Å². The smallest absolute Gasteiger partial charge is 0.126 e. The van der Waals surface area contributed by atoms with Crippen molar-refractivity contribution in [1.29, 1.82) is 0 Å². The van der Waals surface area contributed by atoms with E-state index in [2.05, 4.69) is 25.5 Å². The number of fused-ring (bicyclic) bond motifs is 1. The third-order valence-corrected chi connectivity index (χ3v) is 4.86. The van der Waals surface area contributed by atoms with E-state index < -0.39 is 0 Å². The molecule has 0 saturated heterocycles. The first-order valence-corrected chi connectivity index (χ1v) is 8.37. The Labute approximate surface area is 142 Å². The van der Waals surface area contributed by atoms with Crippen molar-refractivity contribution in [3.8, 4) is 10.6 Å². The highest BCUT2D eigenvalue weighted by Gasteiger charge is 2.11. The maximum Gasteiger partial charge on any atom is 0.126 e. The lowest BCUT2D eigenvalue weighted by atomic mass is 10.2. The number of anilines is 2. The van der Waals surface area contributed by atoms with Crippen LogP contribution in [0, 0.1) is 6.92 Å². The van der Waals surface area contributed by atoms with Crippen molar-refractivity contribution in [1.82, 2.24) is 20.2 Å². The molecule has 0 aliphatic carbocycles. The van der Waals surface area contributed by atoms with E-state index in [0.29, 0.717) is 12.4 Å². The highest BCUT2D eigenvalue weighted by molar-refractivity contribution is 7.22. The van der Waals surface area contributed by atoms with Crippen molar-refractivity contribution in [2.45, 2.75) is 13.5 Å². The van der Waals surface area contributed by atoms with Crippen LogP contribution in [-0.2, 0) is 6.54 Å². The number of thiophene rings is 1. The Morgan fingerprint density at radius 2 is 2.12 bits per heavy atom. The first-order valence-electron chi connectivity index (χ1n) is 7.55. The van der Waals surface area contributed by atoms with Crippen LogP contribution in [0.4, 0.5) is 11.5 Å². The molecule has 0 unspecified atom stereocenters. The summed E-state index contributed by atoms with van der Waals surface area (Å²) in [6.45, 7) is 2.62. The van der Waals surface area contributed by atoms with Crippen LogP contribution in [0.3, 0.4) is 0 Å². The first-order chi connectivity index (χ1) is 11.7. The molecule has 24 heavy (non-hydrogen) atoms. The molecule has 4 heterocycles. The van der Waals surface area contributed by atoms with Gasteiger partial charge in [-0.3, -0.25) is 10.1 Å². The highest BCUT2D eigenvalue weighted by atomic mass is 32.1. The van der Waals surface area contributed by atoms with Crippen molar-refractivity contribution in [3.05, 3.63) is 54.0 Å². The van der Waals surface area contributed by atoms with Gasteiger partial charge in [-0.05, 0) is 31.2 Å². The normalized spacial score (nSPS) is 11.0. The van der Waals surface area contributed by atoms with Crippen molar-refractivity contribution in [2.24, 2.45) is 0 Å². The molecule has 0 amide bonds. The quantitative estimate of drug-likeness (QED) is 0.530. The molecule has 120 valence electrons. The van der Waals surface area contributed by atoms with Gasteiger partial charge in [0.1, 0.15) is 5.82 Å². The molecule has 0 atom stereocenters. The van der Waals surface area contributed by atoms with Crippen molar-refractivity contribution in [3.63, 3.8) is 0 Å². The molecule has 0 spiro atoms. The van der Waals surface area contributed by atoms with E-state index in [1.54, 1.807) is 17.5 Å². The summed E-state index contributed by atoms with van der Waals surface area (Å²) in [6, 6.07) is 11.8. The number of rotatable bonds is 4. The molecule has 0 bridgehead atoms. The molecule has 4 N–H and O–H groups in total. The molecular formula is C17H16N6S. The zero-order chi connectivity index (χ0) is 16.5. The van der Waals surface area contributed by atoms with Gasteiger partial charge >= 0.3 is 0 Å². The SMILES string of the molecule is Cc1cccc(CNc2cc(N)nc3cc(-c4ccn[nH]4)sc23)n1. The highest BCUT2D eigenvalue weighted by Crippen LogP contribution is 2.36. The van der Waals surface area contributed by atoms with E-state index in [9.17, 15) is 0 Å². The number of aromatic nitrogens is 4. The second-order valence-corrected chi connectivity index (χ2v) is 6.57. The average molecular weight is 336 g/mol. The minimum absolute atomic E-state index is 0.496. The number of nitrogens with zero attached hydrogens (tertiary/aromatic N) is 3. The molecule has 0 aliphatic heterocycles. The van der Waals surface area contributed by atoms with E-state index >= 15 is 0 Å². The van der Waals surface area contributed by atoms with Crippen LogP contribution in [0.1, 0.15) is 11.4 Å². The Hall–Kier alpha value is -2.93. The van der Waals surface area contributed by atoms with E-state index in [-0.39, 0.29) is 0 Å². The molecule has 6 nitrogen and oxygen atoms in total. The first kappa shape index (κ1) is 14.6. The lowest BCUT2D eigenvalue weighted by Crippen LogP contribution is -2.03. The number of hydrogen-bond acceptors (Lipinski definition) is 6. The zero-order valence-corrected chi connectivity index (χ0v) is 13.9. The number of pyridine rings is 2. The van der Waals surface area contributed by atoms with Crippen molar-refractivity contribution >= 4 is 33.1 Å². The fraction of sp³-hybridized carbons (Fsp3) is 0.118. The summed E-state index contributed by atoms with van der Waals surface area (Å²) in [5.74, 6) is 0.496. The number of nitrogen functional groups attached to an aromatic ring is 1. The molecule has 0 fully saturated rings. The van der Waals surface area contributed by atoms with Crippen molar-refractivity contribution in [2.75, 3.05) is 11.1 Å². The largest absolute Gasteiger partial charge is 0.384 e. The van der Waals surface area contributed by atoms with Gasteiger partial charge in [-0.15, -0.1) is 11.3 Å². The molecular weight excluding hydrogens is 320 g/mol. The molecule has 4 rings (SSSR count). The Kier molecular flexibility index (Phi) is 3.62. The topological polar surface area (TPSA) is 92.5 Å². The van der Waals surface area contributed by atoms with Gasteiger partial charge in [-0.2, -0.15) is 5.10 Å². The Morgan fingerprint density at radius 3 is 2.92 bits per heavy atom. The van der Waals surface area contributed by atoms with E-state index in [4.69, 9.17) is 5.73 Å². The number of nitrogens with two attached hydrogens (primary N) is 1. The van der Waals surface area contributed by atoms with E-state index in [0.717, 1.165) is 37.9 Å². The summed E-state index contributed by atoms with van der Waals surface area (Å²) in [4.78, 5) is 10.0. The Morgan fingerprint density at radius 1 is 1.21 bits per heavy atom. The Balaban J connectivity index is 1.69. The van der Waals surface area contributed by atoms with Crippen LogP contribution in [-0.4, -0.2) is 20.2 Å². The fourth-order valence-electron chi connectivity index (χ4n) is 2.58. The third-order valence-electron chi connectivity index (χ3n) is 3.67. The number of aryl methyl sites for hydroxylation is 1. The molecule has 0 aromatic carbocycles. The van der Waals surface area contributed by atoms with Crippen molar-refractivity contribution < 1.29 is 0 Å². The number of aromatic amines is 1. The summed E-state index contributed by atoms with van der Waals surface area (Å²) >= 11 is 1.66. The van der Waals surface area contributed by atoms with Gasteiger partial charge in [-0.25, -0.2) is 4.98 Å². The maximum absolute atomic E-state index is 5.96. The predicted molar refractivity (Wildman–Crippen MR) is 97.9 cm³/mol. The standard InChI is InChI=1S/C17H16N6S/c1-10-3-2-4-11(21-10)9-19-13-8-16(18)22-14-7-15(24-17(13)14)12-5-6-20-23-12/h2-8H,9H2,1H3,(H,20,23)(H3,18,19,22). The minimum Gasteiger partial charge on any atom is -0.384 e. The second-order valence-electron chi connectivity index (χ2n) is 5.51. The summed E-state index contributed by atoms with van der Waals surface area (Å²) in [5, 5.41) is 10.4. The van der Waals surface area contributed by atoms with Gasteiger partial charge in [0.25, 0.3) is 0 Å². The number of H-pyrrole nitrogens is 1. The summed E-state index contributed by atoms with van der Waals surface area (Å²) < 4.78 is 1.07. The molecule has 0 aliphatic rings. The lowest BCUT2D eigenvalue weighted by Gasteiger charge is -2.08. The summed E-state index contributed by atoms with van der Waals surface area (Å²) in [5.41, 5.74) is 10.8. The van der Waals surface area contributed by atoms with Crippen LogP contribution in [0.25, 0.3) is 20.8 Å². The van der Waals surface area contributed by atoms with E-state index in [1.807, 2.05) is 43.3 Å². The monoisotopic (exact) mass is 336 g/mol. The summed E-state index contributed by atoms with van der Waals surface area (Å²) in [7, 11) is 0. The van der Waals surface area contributed by atoms with E-state index in [1.165, 1.54) is 0 Å². The molecule has 7 heteroatoms. The Bertz CT molecular complexity index is 990. The van der Waals surface area contributed by atoms with Crippen LogP contribution < -0.4 is 11.1 Å². The lowest BCUT2D eigenvalue weighted by molar-refractivity contribution is 1.02. The number of nitrogens with one attached hydrogen (secondary N) is 2. The van der Waals surface area contributed by atoms with Crippen LogP contribution >= 0.6 is 11.3 Å². The fourth-order valence-corrected chi connectivity index (χ4v) is 3.65. The van der Waals surface area contributed by atoms with Gasteiger partial charge in [0.2, 0.25) is 0 Å². The van der Waals surface area contributed by atoms with Crippen LogP contribution in [0.15, 0.2) is 42.6 Å². The molecule has 0 saturated carbocycles. The van der Waals surface area contributed by atoms with Crippen LogP contribution in [0.5, 0.6) is 0 Å². The van der Waals surface area contributed by atoms with Gasteiger partial charge in [0.15, 0.2) is 0 Å². The average Bonchev–Trinajstić information content (AvgIpc) is 3.21. The minimum atomic E-state index is 0.496. The summed E-state index contributed by atoms with van der Waals surface area (Å²) in [6.07, 6.45) is 1.74. The number of hydrogen-bond donors (Lipinski definition) is 3. The van der Waals surface area contributed by atoms with Gasteiger partial charge < -0.3 is 11.1 Å². The third kappa shape index (κ3) is 2.81. The van der Waals surface area contributed by atoms with Gasteiger partial charge in [0.05, 0.1) is 38.7 Å². The zero-order valence-electron chi connectivity index (χ0n) is 13.1.